The predicted molar refractivity (Wildman–Crippen MR) is 89.4 cm³/mol. The van der Waals surface area contributed by atoms with Gasteiger partial charge in [-0.3, -0.25) is 10.1 Å². The Labute approximate surface area is 139 Å². The summed E-state index contributed by atoms with van der Waals surface area (Å²) in [6, 6.07) is 7.28. The van der Waals surface area contributed by atoms with Crippen LogP contribution in [-0.2, 0) is 0 Å². The number of hydrogen-bond acceptors (Lipinski definition) is 7. The van der Waals surface area contributed by atoms with Gasteiger partial charge in [0.2, 0.25) is 5.13 Å². The SMILES string of the molecule is Cc1nnc(NC(=O)c2csc(Nc3cccc(Cl)c3)n2)s1. The molecule has 0 aliphatic carbocycles. The van der Waals surface area contributed by atoms with Crippen molar-refractivity contribution in [3.05, 3.63) is 45.4 Å². The highest BCUT2D eigenvalue weighted by Crippen LogP contribution is 2.23. The van der Waals surface area contributed by atoms with Crippen LogP contribution in [0.2, 0.25) is 5.02 Å². The highest BCUT2D eigenvalue weighted by molar-refractivity contribution is 7.15. The van der Waals surface area contributed by atoms with Crippen LogP contribution in [-0.4, -0.2) is 21.1 Å². The molecule has 1 aromatic carbocycles. The maximum Gasteiger partial charge on any atom is 0.277 e. The lowest BCUT2D eigenvalue weighted by Gasteiger charge is -2.02. The Hall–Kier alpha value is -2.03. The first-order valence-corrected chi connectivity index (χ1v) is 8.27. The molecule has 0 bridgehead atoms. The standard InChI is InChI=1S/C13H10ClN5OS2/c1-7-18-19-13(22-7)17-11(20)10-6-21-12(16-10)15-9-4-2-3-8(14)5-9/h2-6H,1H3,(H,15,16)(H,17,19,20). The number of aromatic nitrogens is 3. The lowest BCUT2D eigenvalue weighted by Crippen LogP contribution is -2.12. The van der Waals surface area contributed by atoms with E-state index in [-0.39, 0.29) is 5.91 Å². The third-order valence-corrected chi connectivity index (χ3v) is 4.31. The summed E-state index contributed by atoms with van der Waals surface area (Å²) in [5.74, 6) is -0.313. The zero-order valence-electron chi connectivity index (χ0n) is 11.3. The van der Waals surface area contributed by atoms with Crippen molar-refractivity contribution in [2.45, 2.75) is 6.92 Å². The largest absolute Gasteiger partial charge is 0.331 e. The third kappa shape index (κ3) is 3.59. The van der Waals surface area contributed by atoms with E-state index in [1.165, 1.54) is 22.7 Å². The zero-order chi connectivity index (χ0) is 15.5. The van der Waals surface area contributed by atoms with Crippen LogP contribution in [0.1, 0.15) is 15.5 Å². The van der Waals surface area contributed by atoms with Crippen molar-refractivity contribution in [3.8, 4) is 0 Å². The topological polar surface area (TPSA) is 79.8 Å². The number of carbonyl (C=O) groups is 1. The predicted octanol–water partition coefficient (Wildman–Crippen LogP) is 3.95. The highest BCUT2D eigenvalue weighted by Gasteiger charge is 2.13. The molecule has 0 aliphatic heterocycles. The molecule has 2 N–H and O–H groups in total. The Kier molecular flexibility index (Phi) is 4.32. The minimum absolute atomic E-state index is 0.313. The number of nitrogens with one attached hydrogen (secondary N) is 2. The summed E-state index contributed by atoms with van der Waals surface area (Å²) >= 11 is 8.57. The molecular formula is C13H10ClN5OS2. The van der Waals surface area contributed by atoms with Crippen molar-refractivity contribution in [1.29, 1.82) is 0 Å². The zero-order valence-corrected chi connectivity index (χ0v) is 13.7. The number of rotatable bonds is 4. The number of nitrogens with zero attached hydrogens (tertiary/aromatic N) is 3. The smallest absolute Gasteiger partial charge is 0.277 e. The van der Waals surface area contributed by atoms with Crippen LogP contribution in [0.4, 0.5) is 16.0 Å². The van der Waals surface area contributed by atoms with Gasteiger partial charge in [0, 0.05) is 16.1 Å². The fourth-order valence-electron chi connectivity index (χ4n) is 1.63. The maximum atomic E-state index is 12.1. The number of hydrogen-bond donors (Lipinski definition) is 2. The summed E-state index contributed by atoms with van der Waals surface area (Å²) < 4.78 is 0. The molecular weight excluding hydrogens is 342 g/mol. The van der Waals surface area contributed by atoms with Crippen LogP contribution < -0.4 is 10.6 Å². The second kappa shape index (κ2) is 6.39. The van der Waals surface area contributed by atoms with E-state index in [1.807, 2.05) is 19.1 Å². The molecule has 1 amide bonds. The molecule has 0 saturated carbocycles. The second-order valence-corrected chi connectivity index (χ2v) is 6.73. The molecule has 0 spiro atoms. The summed E-state index contributed by atoms with van der Waals surface area (Å²) in [5, 5.41) is 17.6. The molecule has 112 valence electrons. The Morgan fingerprint density at radius 2 is 2.14 bits per heavy atom. The Morgan fingerprint density at radius 3 is 2.86 bits per heavy atom. The molecule has 0 aliphatic rings. The minimum Gasteiger partial charge on any atom is -0.331 e. The molecule has 0 unspecified atom stereocenters. The molecule has 0 fully saturated rings. The molecule has 0 atom stereocenters. The van der Waals surface area contributed by atoms with E-state index < -0.39 is 0 Å². The van der Waals surface area contributed by atoms with Crippen LogP contribution in [0.5, 0.6) is 0 Å². The number of anilines is 3. The van der Waals surface area contributed by atoms with Crippen molar-refractivity contribution in [2.24, 2.45) is 0 Å². The van der Waals surface area contributed by atoms with Gasteiger partial charge in [0.1, 0.15) is 10.7 Å². The first-order valence-electron chi connectivity index (χ1n) is 6.20. The van der Waals surface area contributed by atoms with Gasteiger partial charge in [0.15, 0.2) is 5.13 Å². The van der Waals surface area contributed by atoms with E-state index in [0.717, 1.165) is 10.7 Å². The molecule has 9 heteroatoms. The molecule has 3 aromatic rings. The van der Waals surface area contributed by atoms with Crippen LogP contribution in [0.3, 0.4) is 0 Å². The monoisotopic (exact) mass is 351 g/mol. The van der Waals surface area contributed by atoms with E-state index in [2.05, 4.69) is 25.8 Å². The van der Waals surface area contributed by atoms with E-state index in [0.29, 0.717) is 21.0 Å². The molecule has 0 saturated heterocycles. The molecule has 2 heterocycles. The minimum atomic E-state index is -0.313. The first kappa shape index (κ1) is 14.9. The van der Waals surface area contributed by atoms with E-state index >= 15 is 0 Å². The summed E-state index contributed by atoms with van der Waals surface area (Å²) in [7, 11) is 0. The van der Waals surface area contributed by atoms with Gasteiger partial charge in [-0.15, -0.1) is 21.5 Å². The summed E-state index contributed by atoms with van der Waals surface area (Å²) in [5.41, 5.74) is 1.14. The molecule has 0 radical (unpaired) electrons. The first-order chi connectivity index (χ1) is 10.6. The van der Waals surface area contributed by atoms with Gasteiger partial charge in [-0.05, 0) is 25.1 Å². The van der Waals surface area contributed by atoms with E-state index in [1.54, 1.807) is 17.5 Å². The van der Waals surface area contributed by atoms with Crippen molar-refractivity contribution in [2.75, 3.05) is 10.6 Å². The average Bonchev–Trinajstić information content (AvgIpc) is 3.08. The molecule has 2 aromatic heterocycles. The Morgan fingerprint density at radius 1 is 1.27 bits per heavy atom. The second-order valence-electron chi connectivity index (χ2n) is 4.25. The van der Waals surface area contributed by atoms with Crippen molar-refractivity contribution < 1.29 is 4.79 Å². The fourth-order valence-corrected chi connectivity index (χ4v) is 3.12. The van der Waals surface area contributed by atoms with Crippen LogP contribution in [0, 0.1) is 6.92 Å². The van der Waals surface area contributed by atoms with Gasteiger partial charge >= 0.3 is 0 Å². The van der Waals surface area contributed by atoms with E-state index in [4.69, 9.17) is 11.6 Å². The van der Waals surface area contributed by atoms with Gasteiger partial charge < -0.3 is 5.32 Å². The Balaban J connectivity index is 1.69. The van der Waals surface area contributed by atoms with Gasteiger partial charge in [-0.2, -0.15) is 0 Å². The van der Waals surface area contributed by atoms with Gasteiger partial charge in [-0.1, -0.05) is 29.0 Å². The van der Waals surface area contributed by atoms with Crippen LogP contribution >= 0.6 is 34.3 Å². The van der Waals surface area contributed by atoms with Crippen molar-refractivity contribution in [3.63, 3.8) is 0 Å². The average molecular weight is 352 g/mol. The Bertz CT molecular complexity index is 816. The van der Waals surface area contributed by atoms with Crippen molar-refractivity contribution >= 4 is 56.1 Å². The number of halogens is 1. The lowest BCUT2D eigenvalue weighted by molar-refractivity contribution is 0.102. The van der Waals surface area contributed by atoms with Crippen LogP contribution in [0.25, 0.3) is 0 Å². The number of thiazole rings is 1. The van der Waals surface area contributed by atoms with Gasteiger partial charge in [-0.25, -0.2) is 4.98 Å². The van der Waals surface area contributed by atoms with E-state index in [9.17, 15) is 4.79 Å². The third-order valence-electron chi connectivity index (χ3n) is 2.56. The fraction of sp³-hybridized carbons (Fsp3) is 0.0769. The number of amides is 1. The van der Waals surface area contributed by atoms with Gasteiger partial charge in [0.25, 0.3) is 5.91 Å². The molecule has 22 heavy (non-hydrogen) atoms. The molecule has 3 rings (SSSR count). The summed E-state index contributed by atoms with van der Waals surface area (Å²) in [4.78, 5) is 16.3. The quantitative estimate of drug-likeness (QED) is 0.743. The van der Waals surface area contributed by atoms with Crippen molar-refractivity contribution in [1.82, 2.24) is 15.2 Å². The maximum absolute atomic E-state index is 12.1. The summed E-state index contributed by atoms with van der Waals surface area (Å²) in [6.45, 7) is 1.82. The molecule has 6 nitrogen and oxygen atoms in total. The van der Waals surface area contributed by atoms with Crippen LogP contribution in [0.15, 0.2) is 29.6 Å². The number of carbonyl (C=O) groups excluding carboxylic acids is 1. The highest BCUT2D eigenvalue weighted by atomic mass is 35.5. The normalized spacial score (nSPS) is 10.5. The number of benzene rings is 1. The lowest BCUT2D eigenvalue weighted by atomic mass is 10.3. The number of aryl methyl sites for hydroxylation is 1. The summed E-state index contributed by atoms with van der Waals surface area (Å²) in [6.07, 6.45) is 0. The van der Waals surface area contributed by atoms with Gasteiger partial charge in [0.05, 0.1) is 0 Å².